The molecule has 7 rings (SSSR count). The van der Waals surface area contributed by atoms with Crippen molar-refractivity contribution in [2.75, 3.05) is 20.8 Å². The summed E-state index contributed by atoms with van der Waals surface area (Å²) in [5.74, 6) is 1.27. The van der Waals surface area contributed by atoms with Gasteiger partial charge in [-0.15, -0.1) is 0 Å². The van der Waals surface area contributed by atoms with Crippen LogP contribution in [-0.2, 0) is 9.53 Å². The standard InChI is InChI=1S/C23H22O7.C20H21ClO4/c1-23(2)6-5-11-15(30-23)8-13(24)20-21(25)19-12-7-16(26-3)17(27-4)9-14(12)28-10-18(19)29-22(11)20;1-13(2)24-19(23)20(3,4)25-17-11-7-15(8-12-17)18(22)14-5-9-16(21)10-6-14/h5-9,18-19,24H,10H2,1-4H3;5-13H,1-4H3. The lowest BCUT2D eigenvalue weighted by Gasteiger charge is -2.39. The van der Waals surface area contributed by atoms with E-state index in [9.17, 15) is 19.5 Å². The molecule has 0 radical (unpaired) electrons. The molecule has 55 heavy (non-hydrogen) atoms. The summed E-state index contributed by atoms with van der Waals surface area (Å²) < 4.78 is 39.7. The Hall–Kier alpha value is -5.68. The van der Waals surface area contributed by atoms with Crippen molar-refractivity contribution >= 4 is 35.2 Å². The molecule has 2 atom stereocenters. The van der Waals surface area contributed by atoms with Gasteiger partial charge in [-0.3, -0.25) is 9.59 Å². The first-order valence-electron chi connectivity index (χ1n) is 17.7. The number of phenolic OH excluding ortho intramolecular Hbond substituents is 1. The minimum Gasteiger partial charge on any atom is -0.507 e. The molecule has 11 nitrogen and oxygen atoms in total. The van der Waals surface area contributed by atoms with Gasteiger partial charge in [0.2, 0.25) is 0 Å². The Bertz CT molecular complexity index is 2150. The fourth-order valence-corrected chi connectivity index (χ4v) is 6.53. The zero-order valence-electron chi connectivity index (χ0n) is 31.9. The number of ether oxygens (including phenoxy) is 7. The van der Waals surface area contributed by atoms with Crippen LogP contribution in [0.15, 0.2) is 72.8 Å². The molecule has 0 saturated carbocycles. The number of hydrogen-bond donors (Lipinski definition) is 1. The third kappa shape index (κ3) is 8.07. The second-order valence-corrected chi connectivity index (χ2v) is 15.0. The van der Waals surface area contributed by atoms with Gasteiger partial charge in [0.1, 0.15) is 52.6 Å². The van der Waals surface area contributed by atoms with E-state index in [4.69, 9.17) is 44.8 Å². The molecule has 4 aromatic carbocycles. The molecular formula is C43H43ClO11. The van der Waals surface area contributed by atoms with Crippen LogP contribution in [0.1, 0.15) is 84.9 Å². The predicted octanol–water partition coefficient (Wildman–Crippen LogP) is 8.39. The average Bonchev–Trinajstić information content (AvgIpc) is 3.13. The molecule has 2 unspecified atom stereocenters. The fourth-order valence-electron chi connectivity index (χ4n) is 6.41. The molecule has 3 aliphatic rings. The van der Waals surface area contributed by atoms with E-state index in [1.807, 2.05) is 26.0 Å². The van der Waals surface area contributed by atoms with Crippen LogP contribution in [0.5, 0.6) is 40.2 Å². The lowest BCUT2D eigenvalue weighted by molar-refractivity contribution is -0.163. The molecule has 0 fully saturated rings. The second kappa shape index (κ2) is 15.2. The van der Waals surface area contributed by atoms with Crippen molar-refractivity contribution in [2.45, 2.75) is 70.9 Å². The maximum absolute atomic E-state index is 13.6. The second-order valence-electron chi connectivity index (χ2n) is 14.5. The SMILES string of the molecule is CC(C)OC(=O)C(C)(C)Oc1ccc(C(=O)c2ccc(Cl)cc2)cc1.COc1cc2c(cc1OC)C1C(=O)c3c(O)cc4c(c3OC1CO2)C=CC(C)(C)O4. The summed E-state index contributed by atoms with van der Waals surface area (Å²) in [6.45, 7) is 10.9. The highest BCUT2D eigenvalue weighted by Crippen LogP contribution is 2.52. The smallest absolute Gasteiger partial charge is 0.350 e. The Morgan fingerprint density at radius 1 is 0.927 bits per heavy atom. The van der Waals surface area contributed by atoms with Gasteiger partial charge in [0.05, 0.1) is 31.8 Å². The van der Waals surface area contributed by atoms with Crippen LogP contribution < -0.4 is 28.4 Å². The first-order valence-corrected chi connectivity index (χ1v) is 18.1. The fraction of sp³-hybridized carbons (Fsp3) is 0.326. The van der Waals surface area contributed by atoms with Crippen LogP contribution in [0.4, 0.5) is 0 Å². The number of ketones is 2. The Morgan fingerprint density at radius 3 is 2.16 bits per heavy atom. The summed E-state index contributed by atoms with van der Waals surface area (Å²) in [7, 11) is 3.07. The molecule has 0 aromatic heterocycles. The maximum atomic E-state index is 13.6. The number of aromatic hydroxyl groups is 1. The lowest BCUT2D eigenvalue weighted by atomic mass is 9.80. The van der Waals surface area contributed by atoms with E-state index < -0.39 is 29.2 Å². The number of esters is 1. The summed E-state index contributed by atoms with van der Waals surface area (Å²) in [5.41, 5.74) is 0.891. The van der Waals surface area contributed by atoms with E-state index in [1.165, 1.54) is 13.2 Å². The van der Waals surface area contributed by atoms with E-state index in [0.717, 1.165) is 0 Å². The Kier molecular flexibility index (Phi) is 10.8. The predicted molar refractivity (Wildman–Crippen MR) is 206 cm³/mol. The largest absolute Gasteiger partial charge is 0.507 e. The van der Waals surface area contributed by atoms with E-state index in [-0.39, 0.29) is 35.6 Å². The summed E-state index contributed by atoms with van der Waals surface area (Å²) in [6.07, 6.45) is 3.02. The minimum atomic E-state index is -1.12. The average molecular weight is 771 g/mol. The molecule has 3 aliphatic heterocycles. The molecule has 0 saturated heterocycles. The first-order chi connectivity index (χ1) is 26.0. The van der Waals surface area contributed by atoms with Gasteiger partial charge in [0, 0.05) is 33.8 Å². The first kappa shape index (κ1) is 39.0. The van der Waals surface area contributed by atoms with Crippen molar-refractivity contribution in [3.8, 4) is 40.2 Å². The van der Waals surface area contributed by atoms with E-state index >= 15 is 0 Å². The highest BCUT2D eigenvalue weighted by molar-refractivity contribution is 6.30. The monoisotopic (exact) mass is 770 g/mol. The van der Waals surface area contributed by atoms with Crippen LogP contribution in [0, 0.1) is 0 Å². The number of hydrogen-bond acceptors (Lipinski definition) is 11. The Labute approximate surface area is 324 Å². The molecular weight excluding hydrogens is 728 g/mol. The lowest BCUT2D eigenvalue weighted by Crippen LogP contribution is -2.43. The van der Waals surface area contributed by atoms with Crippen molar-refractivity contribution < 1.29 is 52.6 Å². The number of fused-ring (bicyclic) bond motifs is 6. The van der Waals surface area contributed by atoms with E-state index in [0.29, 0.717) is 61.8 Å². The number of benzene rings is 4. The van der Waals surface area contributed by atoms with Crippen molar-refractivity contribution in [1.29, 1.82) is 0 Å². The molecule has 0 bridgehead atoms. The van der Waals surface area contributed by atoms with Gasteiger partial charge < -0.3 is 38.3 Å². The number of methoxy groups -OCH3 is 2. The van der Waals surface area contributed by atoms with Crippen molar-refractivity contribution in [1.82, 2.24) is 0 Å². The van der Waals surface area contributed by atoms with Crippen molar-refractivity contribution in [2.24, 2.45) is 0 Å². The van der Waals surface area contributed by atoms with E-state index in [1.54, 1.807) is 95.5 Å². The number of phenols is 1. The zero-order chi connectivity index (χ0) is 39.8. The summed E-state index contributed by atoms with van der Waals surface area (Å²) in [5, 5.41) is 11.3. The summed E-state index contributed by atoms with van der Waals surface area (Å²) >= 11 is 5.84. The normalized spacial score (nSPS) is 17.3. The number of carbonyl (C=O) groups excluding carboxylic acids is 3. The van der Waals surface area contributed by atoms with Crippen LogP contribution in [0.25, 0.3) is 6.08 Å². The van der Waals surface area contributed by atoms with Crippen LogP contribution in [-0.4, -0.2) is 66.9 Å². The van der Waals surface area contributed by atoms with Crippen LogP contribution in [0.3, 0.4) is 0 Å². The van der Waals surface area contributed by atoms with Gasteiger partial charge in [0.25, 0.3) is 0 Å². The molecule has 0 spiro atoms. The number of carbonyl (C=O) groups is 3. The van der Waals surface area contributed by atoms with Gasteiger partial charge in [-0.2, -0.15) is 0 Å². The van der Waals surface area contributed by atoms with Gasteiger partial charge in [-0.1, -0.05) is 11.6 Å². The topological polar surface area (TPSA) is 136 Å². The van der Waals surface area contributed by atoms with Crippen molar-refractivity contribution in [3.05, 3.63) is 106 Å². The quantitative estimate of drug-likeness (QED) is 0.137. The third-order valence-electron chi connectivity index (χ3n) is 9.14. The van der Waals surface area contributed by atoms with E-state index in [2.05, 4.69) is 0 Å². The number of rotatable bonds is 8. The highest BCUT2D eigenvalue weighted by Gasteiger charge is 2.46. The molecule has 0 aliphatic carbocycles. The minimum absolute atomic E-state index is 0.110. The van der Waals surface area contributed by atoms with Gasteiger partial charge in [-0.25, -0.2) is 4.79 Å². The summed E-state index contributed by atoms with van der Waals surface area (Å²) in [6, 6.07) is 18.3. The number of Topliss-reactive ketones (excluding diaryl/α,β-unsaturated/α-hetero) is 1. The van der Waals surface area contributed by atoms with Crippen molar-refractivity contribution in [3.63, 3.8) is 0 Å². The van der Waals surface area contributed by atoms with Gasteiger partial charge in [-0.05, 0) is 108 Å². The Balaban J connectivity index is 0.000000191. The summed E-state index contributed by atoms with van der Waals surface area (Å²) in [4.78, 5) is 38.1. The molecule has 0 amide bonds. The van der Waals surface area contributed by atoms with Crippen LogP contribution >= 0.6 is 11.6 Å². The number of halogens is 1. The third-order valence-corrected chi connectivity index (χ3v) is 9.39. The molecule has 288 valence electrons. The molecule has 12 heteroatoms. The highest BCUT2D eigenvalue weighted by atomic mass is 35.5. The van der Waals surface area contributed by atoms with Gasteiger partial charge >= 0.3 is 5.97 Å². The zero-order valence-corrected chi connectivity index (χ0v) is 32.6. The molecule has 3 heterocycles. The molecule has 1 N–H and O–H groups in total. The maximum Gasteiger partial charge on any atom is 0.350 e. The molecule has 4 aromatic rings. The van der Waals surface area contributed by atoms with Gasteiger partial charge in [0.15, 0.2) is 28.7 Å². The Morgan fingerprint density at radius 2 is 1.55 bits per heavy atom. The van der Waals surface area contributed by atoms with Crippen LogP contribution in [0.2, 0.25) is 5.02 Å².